The van der Waals surface area contributed by atoms with Gasteiger partial charge in [0.15, 0.2) is 0 Å². The van der Waals surface area contributed by atoms with E-state index in [4.69, 9.17) is 4.74 Å². The number of fused-ring (bicyclic) bond motifs is 4. The minimum atomic E-state index is -0.256. The SMILES string of the molecule is CC12CC(=O)CC(C1)c1ccccc1O2. The molecule has 1 heterocycles. The van der Waals surface area contributed by atoms with Crippen LogP contribution < -0.4 is 4.74 Å². The fourth-order valence-electron chi connectivity index (χ4n) is 2.90. The van der Waals surface area contributed by atoms with Crippen LogP contribution in [0.15, 0.2) is 24.3 Å². The van der Waals surface area contributed by atoms with Gasteiger partial charge in [-0.1, -0.05) is 18.2 Å². The standard InChI is InChI=1S/C13H14O2/c1-13-7-9(6-10(14)8-13)11-4-2-3-5-12(11)15-13/h2-5,9H,6-8H2,1H3. The number of carbonyl (C=O) groups is 1. The van der Waals surface area contributed by atoms with Crippen molar-refractivity contribution in [2.75, 3.05) is 0 Å². The van der Waals surface area contributed by atoms with E-state index >= 15 is 0 Å². The molecule has 2 bridgehead atoms. The second-order valence-corrected chi connectivity index (χ2v) is 4.91. The van der Waals surface area contributed by atoms with E-state index in [1.807, 2.05) is 25.1 Å². The summed E-state index contributed by atoms with van der Waals surface area (Å²) in [5, 5.41) is 0. The molecule has 0 N–H and O–H groups in total. The van der Waals surface area contributed by atoms with Gasteiger partial charge in [0.1, 0.15) is 17.1 Å². The predicted octanol–water partition coefficient (Wildman–Crippen LogP) is 2.67. The monoisotopic (exact) mass is 202 g/mol. The Kier molecular flexibility index (Phi) is 1.70. The van der Waals surface area contributed by atoms with Gasteiger partial charge in [-0.15, -0.1) is 0 Å². The molecule has 1 fully saturated rings. The van der Waals surface area contributed by atoms with Crippen molar-refractivity contribution >= 4 is 5.78 Å². The molecule has 2 unspecified atom stereocenters. The summed E-state index contributed by atoms with van der Waals surface area (Å²) in [6.45, 7) is 2.05. The Morgan fingerprint density at radius 3 is 3.07 bits per heavy atom. The molecule has 1 aromatic carbocycles. The van der Waals surface area contributed by atoms with Gasteiger partial charge in [0, 0.05) is 12.8 Å². The van der Waals surface area contributed by atoms with Crippen LogP contribution in [0.1, 0.15) is 37.7 Å². The molecular weight excluding hydrogens is 188 g/mol. The van der Waals surface area contributed by atoms with Crippen LogP contribution in [0.3, 0.4) is 0 Å². The van der Waals surface area contributed by atoms with Gasteiger partial charge < -0.3 is 4.74 Å². The number of carbonyl (C=O) groups excluding carboxylic acids is 1. The van der Waals surface area contributed by atoms with Crippen LogP contribution in [0.2, 0.25) is 0 Å². The second-order valence-electron chi connectivity index (χ2n) is 4.91. The normalized spacial score (nSPS) is 33.1. The van der Waals surface area contributed by atoms with Gasteiger partial charge in [-0.3, -0.25) is 4.79 Å². The van der Waals surface area contributed by atoms with Crippen molar-refractivity contribution in [1.82, 2.24) is 0 Å². The van der Waals surface area contributed by atoms with Crippen molar-refractivity contribution in [3.05, 3.63) is 29.8 Å². The molecule has 1 aromatic rings. The Morgan fingerprint density at radius 1 is 1.40 bits per heavy atom. The summed E-state index contributed by atoms with van der Waals surface area (Å²) >= 11 is 0. The summed E-state index contributed by atoms with van der Waals surface area (Å²) < 4.78 is 5.94. The molecule has 0 spiro atoms. The summed E-state index contributed by atoms with van der Waals surface area (Å²) in [6.07, 6.45) is 2.24. The fourth-order valence-corrected chi connectivity index (χ4v) is 2.90. The molecule has 0 saturated heterocycles. The first-order valence-electron chi connectivity index (χ1n) is 5.46. The second kappa shape index (κ2) is 2.84. The lowest BCUT2D eigenvalue weighted by Crippen LogP contribution is -2.44. The number of ether oxygens (including phenoxy) is 1. The number of Topliss-reactive ketones (excluding diaryl/α,β-unsaturated/α-hetero) is 1. The van der Waals surface area contributed by atoms with E-state index in [0.29, 0.717) is 24.5 Å². The molecule has 0 aromatic heterocycles. The highest BCUT2D eigenvalue weighted by Crippen LogP contribution is 2.47. The Balaban J connectivity index is 2.10. The zero-order valence-corrected chi connectivity index (χ0v) is 8.82. The first-order valence-corrected chi connectivity index (χ1v) is 5.46. The maximum absolute atomic E-state index is 11.6. The first-order chi connectivity index (χ1) is 7.16. The highest BCUT2D eigenvalue weighted by Gasteiger charge is 2.43. The molecule has 2 nitrogen and oxygen atoms in total. The third kappa shape index (κ3) is 1.36. The van der Waals surface area contributed by atoms with E-state index < -0.39 is 0 Å². The van der Waals surface area contributed by atoms with Gasteiger partial charge in [-0.05, 0) is 30.9 Å². The summed E-state index contributed by atoms with van der Waals surface area (Å²) in [6, 6.07) is 8.10. The fraction of sp³-hybridized carbons (Fsp3) is 0.462. The maximum Gasteiger partial charge on any atom is 0.137 e. The smallest absolute Gasteiger partial charge is 0.137 e. The minimum Gasteiger partial charge on any atom is -0.487 e. The highest BCUT2D eigenvalue weighted by atomic mass is 16.5. The third-order valence-corrected chi connectivity index (χ3v) is 3.44. The lowest BCUT2D eigenvalue weighted by molar-refractivity contribution is -0.127. The quantitative estimate of drug-likeness (QED) is 0.646. The van der Waals surface area contributed by atoms with Gasteiger partial charge in [-0.25, -0.2) is 0 Å². The summed E-state index contributed by atoms with van der Waals surface area (Å²) in [4.78, 5) is 11.6. The van der Waals surface area contributed by atoms with Crippen LogP contribution in [0.5, 0.6) is 5.75 Å². The van der Waals surface area contributed by atoms with E-state index in [1.54, 1.807) is 0 Å². The minimum absolute atomic E-state index is 0.256. The first kappa shape index (κ1) is 8.96. The Hall–Kier alpha value is -1.31. The van der Waals surface area contributed by atoms with Crippen LogP contribution >= 0.6 is 0 Å². The van der Waals surface area contributed by atoms with Crippen LogP contribution in [0.25, 0.3) is 0 Å². The third-order valence-electron chi connectivity index (χ3n) is 3.44. The average Bonchev–Trinajstić information content (AvgIpc) is 2.15. The van der Waals surface area contributed by atoms with Crippen molar-refractivity contribution in [3.8, 4) is 5.75 Å². The number of hydrogen-bond acceptors (Lipinski definition) is 2. The molecule has 1 aliphatic heterocycles. The van der Waals surface area contributed by atoms with Crippen molar-refractivity contribution in [2.45, 2.75) is 37.7 Å². The van der Waals surface area contributed by atoms with Crippen molar-refractivity contribution in [3.63, 3.8) is 0 Å². The number of hydrogen-bond donors (Lipinski definition) is 0. The Labute approximate surface area is 89.2 Å². The molecular formula is C13H14O2. The lowest BCUT2D eigenvalue weighted by Gasteiger charge is -2.43. The van der Waals surface area contributed by atoms with Crippen LogP contribution in [0.4, 0.5) is 0 Å². The summed E-state index contributed by atoms with van der Waals surface area (Å²) in [5.41, 5.74) is 0.956. The largest absolute Gasteiger partial charge is 0.487 e. The van der Waals surface area contributed by atoms with E-state index in [1.165, 1.54) is 5.56 Å². The Morgan fingerprint density at radius 2 is 2.20 bits per heavy atom. The van der Waals surface area contributed by atoms with Gasteiger partial charge in [0.05, 0.1) is 0 Å². The number of para-hydroxylation sites is 1. The van der Waals surface area contributed by atoms with Gasteiger partial charge in [0.25, 0.3) is 0 Å². The summed E-state index contributed by atoms with van der Waals surface area (Å²) in [5.74, 6) is 1.69. The maximum atomic E-state index is 11.6. The van der Waals surface area contributed by atoms with Crippen molar-refractivity contribution in [1.29, 1.82) is 0 Å². The predicted molar refractivity (Wildman–Crippen MR) is 57.1 cm³/mol. The van der Waals surface area contributed by atoms with Crippen LogP contribution in [-0.2, 0) is 4.79 Å². The van der Waals surface area contributed by atoms with Crippen molar-refractivity contribution in [2.24, 2.45) is 0 Å². The molecule has 1 saturated carbocycles. The van der Waals surface area contributed by atoms with Crippen LogP contribution in [-0.4, -0.2) is 11.4 Å². The Bertz CT molecular complexity index is 424. The van der Waals surface area contributed by atoms with E-state index in [-0.39, 0.29) is 5.60 Å². The topological polar surface area (TPSA) is 26.3 Å². The van der Waals surface area contributed by atoms with E-state index in [2.05, 4.69) is 6.07 Å². The van der Waals surface area contributed by atoms with E-state index in [9.17, 15) is 4.79 Å². The molecule has 2 aliphatic rings. The molecule has 2 atom stereocenters. The van der Waals surface area contributed by atoms with Gasteiger partial charge >= 0.3 is 0 Å². The molecule has 15 heavy (non-hydrogen) atoms. The molecule has 3 rings (SSSR count). The van der Waals surface area contributed by atoms with Crippen LogP contribution in [0, 0.1) is 0 Å². The van der Waals surface area contributed by atoms with Crippen molar-refractivity contribution < 1.29 is 9.53 Å². The zero-order valence-electron chi connectivity index (χ0n) is 8.82. The lowest BCUT2D eigenvalue weighted by atomic mass is 9.73. The average molecular weight is 202 g/mol. The molecule has 2 heteroatoms. The highest BCUT2D eigenvalue weighted by molar-refractivity contribution is 5.82. The number of rotatable bonds is 0. The molecule has 0 radical (unpaired) electrons. The molecule has 1 aliphatic carbocycles. The number of ketones is 1. The summed E-state index contributed by atoms with van der Waals surface area (Å²) in [7, 11) is 0. The van der Waals surface area contributed by atoms with E-state index in [0.717, 1.165) is 12.2 Å². The molecule has 78 valence electrons. The molecule has 0 amide bonds. The zero-order chi connectivity index (χ0) is 10.5. The van der Waals surface area contributed by atoms with Gasteiger partial charge in [0.2, 0.25) is 0 Å². The number of benzene rings is 1. The van der Waals surface area contributed by atoms with Gasteiger partial charge in [-0.2, -0.15) is 0 Å².